The first kappa shape index (κ1) is 18.2. The van der Waals surface area contributed by atoms with E-state index < -0.39 is 0 Å². The summed E-state index contributed by atoms with van der Waals surface area (Å²) in [6.07, 6.45) is 0.268. The van der Waals surface area contributed by atoms with Crippen LogP contribution in [0.25, 0.3) is 0 Å². The number of hydrogen-bond acceptors (Lipinski definition) is 2. The molecular weight excluding hydrogens is 368 g/mol. The number of hydrogen-bond donors (Lipinski definition) is 0. The van der Waals surface area contributed by atoms with Gasteiger partial charge in [-0.25, -0.2) is 0 Å². The van der Waals surface area contributed by atoms with Crippen molar-refractivity contribution in [2.24, 2.45) is 0 Å². The molecular formula is C19H21BrN2O2. The molecule has 0 atom stereocenters. The standard InChI is InChI=1S/C19H21BrN2O2/c1-3-21(16-9-5-4-6-10-16)19(24)13-14-22(15(2)23)18-12-8-7-11-17(18)20/h4-12H,3,13-14H2,1-2H3. The molecule has 0 heterocycles. The molecule has 4 nitrogen and oxygen atoms in total. The van der Waals surface area contributed by atoms with Gasteiger partial charge in [-0.2, -0.15) is 0 Å². The monoisotopic (exact) mass is 388 g/mol. The lowest BCUT2D eigenvalue weighted by Crippen LogP contribution is -2.36. The average Bonchev–Trinajstić information content (AvgIpc) is 2.58. The quantitative estimate of drug-likeness (QED) is 0.741. The number of amides is 2. The third-order valence-electron chi connectivity index (χ3n) is 3.76. The summed E-state index contributed by atoms with van der Waals surface area (Å²) in [5, 5.41) is 0. The van der Waals surface area contributed by atoms with Crippen molar-refractivity contribution in [3.63, 3.8) is 0 Å². The van der Waals surface area contributed by atoms with E-state index in [1.165, 1.54) is 6.92 Å². The normalized spacial score (nSPS) is 10.3. The van der Waals surface area contributed by atoms with Gasteiger partial charge in [0.25, 0.3) is 0 Å². The number of anilines is 2. The molecule has 24 heavy (non-hydrogen) atoms. The molecule has 0 saturated carbocycles. The highest BCUT2D eigenvalue weighted by molar-refractivity contribution is 9.10. The van der Waals surface area contributed by atoms with E-state index in [-0.39, 0.29) is 18.2 Å². The number of carbonyl (C=O) groups is 2. The number of carbonyl (C=O) groups excluding carboxylic acids is 2. The number of rotatable bonds is 6. The third kappa shape index (κ3) is 4.45. The maximum Gasteiger partial charge on any atom is 0.228 e. The molecule has 5 heteroatoms. The number of halogens is 1. The van der Waals surface area contributed by atoms with E-state index in [0.29, 0.717) is 13.1 Å². The van der Waals surface area contributed by atoms with Crippen LogP contribution in [0.3, 0.4) is 0 Å². The average molecular weight is 389 g/mol. The Morgan fingerprint density at radius 1 is 0.958 bits per heavy atom. The van der Waals surface area contributed by atoms with Crippen LogP contribution in [-0.2, 0) is 9.59 Å². The fourth-order valence-corrected chi connectivity index (χ4v) is 3.07. The van der Waals surface area contributed by atoms with Crippen LogP contribution in [0.1, 0.15) is 20.3 Å². The van der Waals surface area contributed by atoms with Crippen molar-refractivity contribution in [1.82, 2.24) is 0 Å². The largest absolute Gasteiger partial charge is 0.313 e. The maximum absolute atomic E-state index is 12.6. The SMILES string of the molecule is CCN(C(=O)CCN(C(C)=O)c1ccccc1Br)c1ccccc1. The third-order valence-corrected chi connectivity index (χ3v) is 4.43. The van der Waals surface area contributed by atoms with Crippen LogP contribution in [0.4, 0.5) is 11.4 Å². The maximum atomic E-state index is 12.6. The van der Waals surface area contributed by atoms with E-state index in [1.54, 1.807) is 9.80 Å². The fourth-order valence-electron chi connectivity index (χ4n) is 2.57. The molecule has 2 aromatic rings. The van der Waals surface area contributed by atoms with Gasteiger partial charge in [0.05, 0.1) is 5.69 Å². The van der Waals surface area contributed by atoms with Crippen molar-refractivity contribution in [2.45, 2.75) is 20.3 Å². The predicted octanol–water partition coefficient (Wildman–Crippen LogP) is 4.25. The molecule has 0 unspecified atom stereocenters. The van der Waals surface area contributed by atoms with Crippen molar-refractivity contribution in [3.8, 4) is 0 Å². The highest BCUT2D eigenvalue weighted by Crippen LogP contribution is 2.26. The highest BCUT2D eigenvalue weighted by Gasteiger charge is 2.19. The molecule has 126 valence electrons. The molecule has 0 fully saturated rings. The van der Waals surface area contributed by atoms with E-state index in [9.17, 15) is 9.59 Å². The Morgan fingerprint density at radius 2 is 1.58 bits per heavy atom. The van der Waals surface area contributed by atoms with Crippen molar-refractivity contribution >= 4 is 39.1 Å². The van der Waals surface area contributed by atoms with E-state index in [2.05, 4.69) is 15.9 Å². The number of para-hydroxylation sites is 2. The summed E-state index contributed by atoms with van der Waals surface area (Å²) in [5.74, 6) is -0.0838. The predicted molar refractivity (Wildman–Crippen MR) is 101 cm³/mol. The number of nitrogens with zero attached hydrogens (tertiary/aromatic N) is 2. The second-order valence-corrected chi connectivity index (χ2v) is 6.20. The summed E-state index contributed by atoms with van der Waals surface area (Å²) in [6, 6.07) is 17.1. The van der Waals surface area contributed by atoms with Gasteiger partial charge in [0.1, 0.15) is 0 Å². The Hall–Kier alpha value is -2.14. The molecule has 2 rings (SSSR count). The molecule has 0 saturated heterocycles. The lowest BCUT2D eigenvalue weighted by atomic mass is 10.2. The Balaban J connectivity index is 2.10. The van der Waals surface area contributed by atoms with Gasteiger partial charge in [-0.1, -0.05) is 30.3 Å². The molecule has 0 radical (unpaired) electrons. The molecule has 2 amide bonds. The van der Waals surface area contributed by atoms with Gasteiger partial charge in [0.15, 0.2) is 0 Å². The lowest BCUT2D eigenvalue weighted by Gasteiger charge is -2.25. The Bertz CT molecular complexity index is 704. The first-order valence-electron chi connectivity index (χ1n) is 7.92. The van der Waals surface area contributed by atoms with Gasteiger partial charge in [-0.05, 0) is 47.1 Å². The van der Waals surface area contributed by atoms with Gasteiger partial charge in [-0.15, -0.1) is 0 Å². The minimum Gasteiger partial charge on any atom is -0.313 e. The molecule has 0 aliphatic heterocycles. The molecule has 0 N–H and O–H groups in total. The first-order valence-corrected chi connectivity index (χ1v) is 8.72. The first-order chi connectivity index (χ1) is 11.5. The molecule has 0 bridgehead atoms. The van der Waals surface area contributed by atoms with Crippen LogP contribution in [0, 0.1) is 0 Å². The van der Waals surface area contributed by atoms with Crippen LogP contribution in [0.5, 0.6) is 0 Å². The van der Waals surface area contributed by atoms with Crippen LogP contribution in [-0.4, -0.2) is 24.9 Å². The second-order valence-electron chi connectivity index (χ2n) is 5.35. The van der Waals surface area contributed by atoms with Crippen molar-refractivity contribution in [2.75, 3.05) is 22.9 Å². The van der Waals surface area contributed by atoms with E-state index >= 15 is 0 Å². The van der Waals surface area contributed by atoms with Gasteiger partial charge >= 0.3 is 0 Å². The summed E-state index contributed by atoms with van der Waals surface area (Å²) in [5.41, 5.74) is 1.65. The van der Waals surface area contributed by atoms with Crippen LogP contribution < -0.4 is 9.80 Å². The van der Waals surface area contributed by atoms with E-state index in [1.807, 2.05) is 61.5 Å². The summed E-state index contributed by atoms with van der Waals surface area (Å²) in [7, 11) is 0. The van der Waals surface area contributed by atoms with Crippen molar-refractivity contribution in [3.05, 3.63) is 59.1 Å². The summed E-state index contributed by atoms with van der Waals surface area (Å²) >= 11 is 3.46. The zero-order valence-corrected chi connectivity index (χ0v) is 15.5. The van der Waals surface area contributed by atoms with E-state index in [0.717, 1.165) is 15.8 Å². The zero-order valence-electron chi connectivity index (χ0n) is 13.9. The van der Waals surface area contributed by atoms with Crippen LogP contribution in [0.2, 0.25) is 0 Å². The van der Waals surface area contributed by atoms with Gasteiger partial charge in [0.2, 0.25) is 11.8 Å². The molecule has 0 spiro atoms. The van der Waals surface area contributed by atoms with Gasteiger partial charge in [0, 0.05) is 36.6 Å². The molecule has 0 aliphatic carbocycles. The van der Waals surface area contributed by atoms with Gasteiger partial charge in [-0.3, -0.25) is 9.59 Å². The molecule has 0 aliphatic rings. The van der Waals surface area contributed by atoms with Crippen LogP contribution in [0.15, 0.2) is 59.1 Å². The Morgan fingerprint density at radius 3 is 2.17 bits per heavy atom. The van der Waals surface area contributed by atoms with Crippen LogP contribution >= 0.6 is 15.9 Å². The minimum atomic E-state index is -0.0857. The van der Waals surface area contributed by atoms with Crippen molar-refractivity contribution < 1.29 is 9.59 Å². The van der Waals surface area contributed by atoms with Crippen molar-refractivity contribution in [1.29, 1.82) is 0 Å². The Kier molecular flexibility index (Phi) is 6.55. The molecule has 2 aromatic carbocycles. The lowest BCUT2D eigenvalue weighted by molar-refractivity contribution is -0.118. The van der Waals surface area contributed by atoms with E-state index in [4.69, 9.17) is 0 Å². The zero-order chi connectivity index (χ0) is 17.5. The molecule has 0 aromatic heterocycles. The Labute approximate surface area is 151 Å². The smallest absolute Gasteiger partial charge is 0.228 e. The van der Waals surface area contributed by atoms with Gasteiger partial charge < -0.3 is 9.80 Å². The second kappa shape index (κ2) is 8.64. The fraction of sp³-hybridized carbons (Fsp3) is 0.263. The highest BCUT2D eigenvalue weighted by atomic mass is 79.9. The summed E-state index contributed by atoms with van der Waals surface area (Å²) < 4.78 is 0.836. The summed E-state index contributed by atoms with van der Waals surface area (Å²) in [6.45, 7) is 4.40. The summed E-state index contributed by atoms with van der Waals surface area (Å²) in [4.78, 5) is 28.0. The number of benzene rings is 2. The topological polar surface area (TPSA) is 40.6 Å². The minimum absolute atomic E-state index is 0.00186.